The first kappa shape index (κ1) is 20.7. The van der Waals surface area contributed by atoms with Crippen LogP contribution in [0.15, 0.2) is 34.1 Å². The Bertz CT molecular complexity index is 994. The molecule has 6 nitrogen and oxygen atoms in total. The summed E-state index contributed by atoms with van der Waals surface area (Å²) in [5, 5.41) is 18.0. The van der Waals surface area contributed by atoms with E-state index in [9.17, 15) is 4.79 Å². The molecule has 0 saturated carbocycles. The molecule has 2 aromatic rings. The van der Waals surface area contributed by atoms with Crippen LogP contribution in [0, 0.1) is 28.1 Å². The Labute approximate surface area is 163 Å². The van der Waals surface area contributed by atoms with Crippen molar-refractivity contribution < 1.29 is 0 Å². The van der Waals surface area contributed by atoms with Crippen LogP contribution in [0.2, 0.25) is 5.02 Å². The summed E-state index contributed by atoms with van der Waals surface area (Å²) in [7, 11) is 0. The van der Waals surface area contributed by atoms with Gasteiger partial charge in [0, 0.05) is 18.5 Å². The van der Waals surface area contributed by atoms with Crippen molar-refractivity contribution >= 4 is 34.4 Å². The van der Waals surface area contributed by atoms with Crippen LogP contribution in [0.3, 0.4) is 0 Å². The van der Waals surface area contributed by atoms with Crippen LogP contribution in [-0.2, 0) is 6.54 Å². The molecule has 3 N–H and O–H groups in total. The van der Waals surface area contributed by atoms with Crippen LogP contribution in [0.25, 0.3) is 10.8 Å². The zero-order valence-electron chi connectivity index (χ0n) is 16.0. The van der Waals surface area contributed by atoms with Crippen molar-refractivity contribution in [3.05, 3.63) is 45.3 Å². The number of nitrogens with two attached hydrogens (primary N) is 1. The molecule has 0 fully saturated rings. The van der Waals surface area contributed by atoms with Crippen LogP contribution in [-0.4, -0.2) is 16.6 Å². The zero-order valence-corrected chi connectivity index (χ0v) is 16.7. The molecule has 2 rings (SSSR count). The van der Waals surface area contributed by atoms with Gasteiger partial charge in [-0.25, -0.2) is 0 Å². The number of hydrogen-bond donors (Lipinski definition) is 2. The summed E-state index contributed by atoms with van der Waals surface area (Å²) in [4.78, 5) is 17.6. The summed E-state index contributed by atoms with van der Waals surface area (Å²) in [6.45, 7) is 8.43. The zero-order chi connectivity index (χ0) is 20.4. The van der Waals surface area contributed by atoms with Crippen molar-refractivity contribution in [2.75, 3.05) is 0 Å². The molecule has 142 valence electrons. The van der Waals surface area contributed by atoms with Gasteiger partial charge in [-0.2, -0.15) is 5.26 Å². The molecule has 0 radical (unpaired) electrons. The van der Waals surface area contributed by atoms with Gasteiger partial charge < -0.3 is 15.7 Å². The van der Waals surface area contributed by atoms with Gasteiger partial charge in [0.05, 0.1) is 22.5 Å². The fraction of sp³-hybridized carbons (Fsp3) is 0.400. The van der Waals surface area contributed by atoms with Crippen LogP contribution in [0.4, 0.5) is 0 Å². The van der Waals surface area contributed by atoms with Crippen LogP contribution < -0.4 is 11.3 Å². The van der Waals surface area contributed by atoms with E-state index >= 15 is 0 Å². The number of benzene rings is 1. The highest BCUT2D eigenvalue weighted by atomic mass is 35.5. The van der Waals surface area contributed by atoms with E-state index in [0.29, 0.717) is 22.6 Å². The number of nitrogens with one attached hydrogen (secondary N) is 1. The number of pyridine rings is 1. The summed E-state index contributed by atoms with van der Waals surface area (Å²) in [6, 6.07) is 8.69. The number of halogens is 1. The van der Waals surface area contributed by atoms with Gasteiger partial charge in [-0.15, -0.1) is 0 Å². The standard InChI is InChI=1S/C20H24ClN5O/c1-12(25-18(24)14(9-22)10-23)16-8-13-6-5-7-15(21)17(13)19(27)26(16)11-20(2,3)4/h5-9,12,14,22H,11H2,1-4H3,(H2,24,25). The largest absolute Gasteiger partial charge is 0.386 e. The minimum absolute atomic E-state index is 0.0564. The van der Waals surface area contributed by atoms with Crippen molar-refractivity contribution in [3.63, 3.8) is 0 Å². The summed E-state index contributed by atoms with van der Waals surface area (Å²) in [5.41, 5.74) is 6.27. The van der Waals surface area contributed by atoms with Gasteiger partial charge in [0.1, 0.15) is 11.8 Å². The van der Waals surface area contributed by atoms with E-state index in [1.54, 1.807) is 16.7 Å². The highest BCUT2D eigenvalue weighted by Gasteiger charge is 2.21. The maximum absolute atomic E-state index is 13.2. The van der Waals surface area contributed by atoms with Gasteiger partial charge in [0.2, 0.25) is 0 Å². The molecule has 0 aliphatic rings. The smallest absolute Gasteiger partial charge is 0.260 e. The maximum Gasteiger partial charge on any atom is 0.260 e. The first-order valence-corrected chi connectivity index (χ1v) is 9.02. The second-order valence-corrected chi connectivity index (χ2v) is 8.14. The molecule has 0 aliphatic carbocycles. The molecule has 1 aromatic heterocycles. The average Bonchev–Trinajstić information content (AvgIpc) is 2.57. The monoisotopic (exact) mass is 385 g/mol. The third-order valence-corrected chi connectivity index (χ3v) is 4.46. The van der Waals surface area contributed by atoms with Crippen molar-refractivity contribution in [1.82, 2.24) is 4.57 Å². The lowest BCUT2D eigenvalue weighted by Gasteiger charge is -2.25. The first-order valence-electron chi connectivity index (χ1n) is 8.64. The average molecular weight is 386 g/mol. The normalized spacial score (nSPS) is 14.6. The molecule has 27 heavy (non-hydrogen) atoms. The van der Waals surface area contributed by atoms with Crippen LogP contribution >= 0.6 is 11.6 Å². The lowest BCUT2D eigenvalue weighted by molar-refractivity contribution is 0.331. The highest BCUT2D eigenvalue weighted by molar-refractivity contribution is 6.35. The van der Waals surface area contributed by atoms with Crippen molar-refractivity contribution in [2.45, 2.75) is 40.3 Å². The number of nitrogens with zero attached hydrogens (tertiary/aromatic N) is 3. The Balaban J connectivity index is 2.72. The van der Waals surface area contributed by atoms with E-state index in [-0.39, 0.29) is 16.8 Å². The SMILES string of the molecule is CC(N=C(N)C(C#N)C=N)c1cc2cccc(Cl)c2c(=O)n1CC(C)(C)C. The van der Waals surface area contributed by atoms with Gasteiger partial charge in [0.15, 0.2) is 0 Å². The number of fused-ring (bicyclic) bond motifs is 1. The molecule has 0 spiro atoms. The Kier molecular flexibility index (Phi) is 6.07. The van der Waals surface area contributed by atoms with E-state index in [2.05, 4.69) is 4.99 Å². The summed E-state index contributed by atoms with van der Waals surface area (Å²) < 4.78 is 1.68. The fourth-order valence-electron chi connectivity index (χ4n) is 2.92. The molecule has 0 bridgehead atoms. The van der Waals surface area contributed by atoms with Gasteiger partial charge in [0.25, 0.3) is 5.56 Å². The predicted octanol–water partition coefficient (Wildman–Crippen LogP) is 3.91. The van der Waals surface area contributed by atoms with E-state index in [4.69, 9.17) is 28.0 Å². The predicted molar refractivity (Wildman–Crippen MR) is 111 cm³/mol. The highest BCUT2D eigenvalue weighted by Crippen LogP contribution is 2.27. The number of aliphatic imine (C=N–C) groups is 1. The lowest BCUT2D eigenvalue weighted by atomic mass is 9.95. The fourth-order valence-corrected chi connectivity index (χ4v) is 3.18. The summed E-state index contributed by atoms with van der Waals surface area (Å²) >= 11 is 6.28. The number of aromatic nitrogens is 1. The summed E-state index contributed by atoms with van der Waals surface area (Å²) in [6.07, 6.45) is 0.952. The molecule has 2 atom stereocenters. The Hall–Kier alpha value is -2.65. The molecule has 2 unspecified atom stereocenters. The van der Waals surface area contributed by atoms with Crippen LogP contribution in [0.5, 0.6) is 0 Å². The number of amidine groups is 1. The number of rotatable bonds is 5. The minimum atomic E-state index is -0.884. The summed E-state index contributed by atoms with van der Waals surface area (Å²) in [5.74, 6) is -0.828. The number of nitriles is 1. The van der Waals surface area contributed by atoms with Gasteiger partial charge >= 0.3 is 0 Å². The number of hydrogen-bond acceptors (Lipinski definition) is 4. The van der Waals surface area contributed by atoms with E-state index in [1.807, 2.05) is 45.9 Å². The van der Waals surface area contributed by atoms with Crippen LogP contribution in [0.1, 0.15) is 39.4 Å². The third kappa shape index (κ3) is 4.55. The van der Waals surface area contributed by atoms with E-state index < -0.39 is 12.0 Å². The molecular weight excluding hydrogens is 362 g/mol. The molecule has 0 saturated heterocycles. The van der Waals surface area contributed by atoms with Crippen molar-refractivity contribution in [1.29, 1.82) is 10.7 Å². The Morgan fingerprint density at radius 3 is 2.70 bits per heavy atom. The van der Waals surface area contributed by atoms with Gasteiger partial charge in [-0.1, -0.05) is 44.5 Å². The van der Waals surface area contributed by atoms with Crippen molar-refractivity contribution in [3.8, 4) is 6.07 Å². The Morgan fingerprint density at radius 1 is 1.48 bits per heavy atom. The molecule has 7 heteroatoms. The minimum Gasteiger partial charge on any atom is -0.386 e. The molecule has 0 amide bonds. The topological polar surface area (TPSA) is 108 Å². The molecule has 1 aromatic carbocycles. The molecular formula is C20H24ClN5O. The second-order valence-electron chi connectivity index (χ2n) is 7.73. The first-order chi connectivity index (χ1) is 12.6. The van der Waals surface area contributed by atoms with E-state index in [0.717, 1.165) is 11.6 Å². The third-order valence-electron chi connectivity index (χ3n) is 4.15. The second kappa shape index (κ2) is 7.93. The lowest BCUT2D eigenvalue weighted by Crippen LogP contribution is -2.31. The van der Waals surface area contributed by atoms with Gasteiger partial charge in [-0.05, 0) is 29.9 Å². The van der Waals surface area contributed by atoms with E-state index in [1.165, 1.54) is 0 Å². The van der Waals surface area contributed by atoms with Crippen molar-refractivity contribution in [2.24, 2.45) is 22.1 Å². The van der Waals surface area contributed by atoms with Gasteiger partial charge in [-0.3, -0.25) is 9.79 Å². The molecule has 0 aliphatic heterocycles. The molecule has 1 heterocycles. The Morgan fingerprint density at radius 2 is 2.15 bits per heavy atom. The quantitative estimate of drug-likeness (QED) is 0.601. The maximum atomic E-state index is 13.2.